The summed E-state index contributed by atoms with van der Waals surface area (Å²) in [4.78, 5) is 12.1. The van der Waals surface area contributed by atoms with Crippen molar-refractivity contribution < 1.29 is 9.18 Å². The fourth-order valence-electron chi connectivity index (χ4n) is 2.19. The minimum Gasteiger partial charge on any atom is -0.296 e. The maximum atomic E-state index is 13.5. The first kappa shape index (κ1) is 17.1. The second-order valence-corrected chi connectivity index (χ2v) is 5.91. The SMILES string of the molecule is O=C(Cc1n[nH]c(=S)n1-c1ccc(Cl)cc1)NNc1ccccc1F. The Kier molecular flexibility index (Phi) is 5.11. The molecule has 0 aliphatic rings. The predicted octanol–water partition coefficient (Wildman–Crippen LogP) is 3.41. The number of anilines is 1. The number of carbonyl (C=O) groups is 1. The van der Waals surface area contributed by atoms with Crippen LogP contribution in [0.2, 0.25) is 5.02 Å². The van der Waals surface area contributed by atoms with Crippen LogP contribution in [-0.2, 0) is 11.2 Å². The van der Waals surface area contributed by atoms with Crippen LogP contribution in [0, 0.1) is 10.6 Å². The number of para-hydroxylation sites is 1. The molecule has 0 bridgehead atoms. The zero-order chi connectivity index (χ0) is 17.8. The number of hydrogen-bond acceptors (Lipinski definition) is 4. The third-order valence-corrected chi connectivity index (χ3v) is 3.88. The first-order valence-electron chi connectivity index (χ1n) is 7.26. The number of benzene rings is 2. The molecule has 0 unspecified atom stereocenters. The van der Waals surface area contributed by atoms with Gasteiger partial charge in [-0.2, -0.15) is 5.10 Å². The molecule has 0 spiro atoms. The molecule has 25 heavy (non-hydrogen) atoms. The van der Waals surface area contributed by atoms with Gasteiger partial charge in [-0.1, -0.05) is 23.7 Å². The lowest BCUT2D eigenvalue weighted by Crippen LogP contribution is -2.31. The van der Waals surface area contributed by atoms with Crippen molar-refractivity contribution in [2.24, 2.45) is 0 Å². The molecular weight excluding hydrogens is 365 g/mol. The Morgan fingerprint density at radius 2 is 1.96 bits per heavy atom. The molecule has 3 rings (SSSR count). The average molecular weight is 378 g/mol. The standard InChI is InChI=1S/C16H13ClFN5OS/c17-10-5-7-11(8-6-10)23-14(20-22-16(23)25)9-15(24)21-19-13-4-2-1-3-12(13)18/h1-8,19H,9H2,(H,21,24)(H,22,25). The molecule has 0 saturated heterocycles. The number of aromatic amines is 1. The quantitative estimate of drug-likeness (QED) is 0.470. The van der Waals surface area contributed by atoms with Crippen molar-refractivity contribution in [2.45, 2.75) is 6.42 Å². The minimum atomic E-state index is -0.466. The van der Waals surface area contributed by atoms with Crippen LogP contribution in [-0.4, -0.2) is 20.7 Å². The Morgan fingerprint density at radius 1 is 1.24 bits per heavy atom. The number of H-pyrrole nitrogens is 1. The van der Waals surface area contributed by atoms with Gasteiger partial charge in [0, 0.05) is 10.7 Å². The van der Waals surface area contributed by atoms with Crippen molar-refractivity contribution in [3.63, 3.8) is 0 Å². The molecule has 0 atom stereocenters. The number of amides is 1. The number of halogens is 2. The molecule has 1 amide bonds. The Hall–Kier alpha value is -2.71. The van der Waals surface area contributed by atoms with E-state index in [1.54, 1.807) is 41.0 Å². The van der Waals surface area contributed by atoms with Gasteiger partial charge in [0.2, 0.25) is 5.91 Å². The summed E-state index contributed by atoms with van der Waals surface area (Å²) in [7, 11) is 0. The van der Waals surface area contributed by atoms with Crippen molar-refractivity contribution in [3.05, 3.63) is 70.0 Å². The van der Waals surface area contributed by atoms with E-state index in [2.05, 4.69) is 21.0 Å². The molecule has 0 saturated carbocycles. The molecule has 0 fully saturated rings. The molecular formula is C16H13ClFN5OS. The number of carbonyl (C=O) groups excluding carboxylic acids is 1. The number of hydrogen-bond donors (Lipinski definition) is 3. The molecule has 0 radical (unpaired) electrons. The van der Waals surface area contributed by atoms with Gasteiger partial charge in [-0.3, -0.25) is 25.3 Å². The van der Waals surface area contributed by atoms with Crippen LogP contribution in [0.1, 0.15) is 5.82 Å². The van der Waals surface area contributed by atoms with Crippen molar-refractivity contribution in [2.75, 3.05) is 5.43 Å². The van der Waals surface area contributed by atoms with E-state index in [0.717, 1.165) is 5.69 Å². The van der Waals surface area contributed by atoms with Gasteiger partial charge in [-0.05, 0) is 48.6 Å². The van der Waals surface area contributed by atoms with Gasteiger partial charge in [0.25, 0.3) is 0 Å². The molecule has 0 aliphatic heterocycles. The van der Waals surface area contributed by atoms with Crippen molar-refractivity contribution >= 4 is 35.4 Å². The largest absolute Gasteiger partial charge is 0.296 e. The first-order valence-corrected chi connectivity index (χ1v) is 8.05. The molecule has 3 aromatic rings. The minimum absolute atomic E-state index is 0.0583. The number of hydrazine groups is 1. The number of rotatable bonds is 5. The third-order valence-electron chi connectivity index (χ3n) is 3.36. The van der Waals surface area contributed by atoms with E-state index in [-0.39, 0.29) is 12.1 Å². The van der Waals surface area contributed by atoms with Gasteiger partial charge in [0.05, 0.1) is 12.1 Å². The summed E-state index contributed by atoms with van der Waals surface area (Å²) < 4.78 is 15.5. The topological polar surface area (TPSA) is 74.7 Å². The first-order chi connectivity index (χ1) is 12.0. The maximum absolute atomic E-state index is 13.5. The van der Waals surface area contributed by atoms with Crippen LogP contribution in [0.15, 0.2) is 48.5 Å². The van der Waals surface area contributed by atoms with Crippen LogP contribution < -0.4 is 10.9 Å². The molecule has 128 valence electrons. The van der Waals surface area contributed by atoms with E-state index in [4.69, 9.17) is 23.8 Å². The Labute approximate surface area is 152 Å². The number of nitrogens with zero attached hydrogens (tertiary/aromatic N) is 2. The molecule has 1 heterocycles. The smallest absolute Gasteiger partial charge is 0.245 e. The number of aromatic nitrogens is 3. The summed E-state index contributed by atoms with van der Waals surface area (Å²) in [5.74, 6) is -0.445. The summed E-state index contributed by atoms with van der Waals surface area (Å²) in [6, 6.07) is 13.0. The van der Waals surface area contributed by atoms with Gasteiger partial charge in [0.15, 0.2) is 4.77 Å². The summed E-state index contributed by atoms with van der Waals surface area (Å²) in [5.41, 5.74) is 5.88. The second-order valence-electron chi connectivity index (χ2n) is 5.09. The highest BCUT2D eigenvalue weighted by Crippen LogP contribution is 2.16. The van der Waals surface area contributed by atoms with Crippen molar-refractivity contribution in [3.8, 4) is 5.69 Å². The lowest BCUT2D eigenvalue weighted by Gasteiger charge is -2.10. The fourth-order valence-corrected chi connectivity index (χ4v) is 2.57. The van der Waals surface area contributed by atoms with Crippen LogP contribution in [0.4, 0.5) is 10.1 Å². The van der Waals surface area contributed by atoms with E-state index in [1.165, 1.54) is 12.1 Å². The van der Waals surface area contributed by atoms with Gasteiger partial charge in [0.1, 0.15) is 11.6 Å². The summed E-state index contributed by atoms with van der Waals surface area (Å²) in [6.45, 7) is 0. The zero-order valence-corrected chi connectivity index (χ0v) is 14.4. The zero-order valence-electron chi connectivity index (χ0n) is 12.8. The van der Waals surface area contributed by atoms with Crippen molar-refractivity contribution in [1.82, 2.24) is 20.2 Å². The summed E-state index contributed by atoms with van der Waals surface area (Å²) in [6.07, 6.45) is -0.0583. The number of nitrogens with one attached hydrogen (secondary N) is 3. The lowest BCUT2D eigenvalue weighted by molar-refractivity contribution is -0.120. The molecule has 3 N–H and O–H groups in total. The molecule has 6 nitrogen and oxygen atoms in total. The normalized spacial score (nSPS) is 10.5. The fraction of sp³-hybridized carbons (Fsp3) is 0.0625. The van der Waals surface area contributed by atoms with E-state index < -0.39 is 11.7 Å². The molecule has 2 aromatic carbocycles. The average Bonchev–Trinajstić information content (AvgIpc) is 2.95. The van der Waals surface area contributed by atoms with E-state index >= 15 is 0 Å². The maximum Gasteiger partial charge on any atom is 0.245 e. The van der Waals surface area contributed by atoms with Gasteiger partial charge < -0.3 is 0 Å². The van der Waals surface area contributed by atoms with Crippen molar-refractivity contribution in [1.29, 1.82) is 0 Å². The van der Waals surface area contributed by atoms with Gasteiger partial charge >= 0.3 is 0 Å². The summed E-state index contributed by atoms with van der Waals surface area (Å²) >= 11 is 11.1. The Balaban J connectivity index is 1.73. The summed E-state index contributed by atoms with van der Waals surface area (Å²) in [5, 5.41) is 7.33. The monoisotopic (exact) mass is 377 g/mol. The third kappa shape index (κ3) is 4.04. The van der Waals surface area contributed by atoms with Crippen LogP contribution in [0.5, 0.6) is 0 Å². The van der Waals surface area contributed by atoms with E-state index in [1.807, 2.05) is 0 Å². The highest BCUT2D eigenvalue weighted by molar-refractivity contribution is 7.71. The predicted molar refractivity (Wildman–Crippen MR) is 95.6 cm³/mol. The second kappa shape index (κ2) is 7.45. The molecule has 0 aliphatic carbocycles. The van der Waals surface area contributed by atoms with Crippen LogP contribution >= 0.6 is 23.8 Å². The van der Waals surface area contributed by atoms with E-state index in [0.29, 0.717) is 15.6 Å². The molecule has 1 aromatic heterocycles. The van der Waals surface area contributed by atoms with Gasteiger partial charge in [-0.25, -0.2) is 4.39 Å². The highest BCUT2D eigenvalue weighted by Gasteiger charge is 2.13. The lowest BCUT2D eigenvalue weighted by atomic mass is 10.3. The highest BCUT2D eigenvalue weighted by atomic mass is 35.5. The van der Waals surface area contributed by atoms with Crippen LogP contribution in [0.25, 0.3) is 5.69 Å². The molecule has 9 heteroatoms. The Bertz CT molecular complexity index is 954. The van der Waals surface area contributed by atoms with E-state index in [9.17, 15) is 9.18 Å². The Morgan fingerprint density at radius 3 is 2.68 bits per heavy atom. The van der Waals surface area contributed by atoms with Gasteiger partial charge in [-0.15, -0.1) is 0 Å². The van der Waals surface area contributed by atoms with Crippen LogP contribution in [0.3, 0.4) is 0 Å².